The molecule has 1 aromatic carbocycles. The van der Waals surface area contributed by atoms with Crippen LogP contribution in [0.25, 0.3) is 5.69 Å². The van der Waals surface area contributed by atoms with E-state index in [0.717, 1.165) is 21.3 Å². The smallest absolute Gasteiger partial charge is 0.357 e. The molecule has 0 spiro atoms. The number of hydrogen-bond acceptors (Lipinski definition) is 5. The van der Waals surface area contributed by atoms with Crippen LogP contribution in [0.5, 0.6) is 0 Å². The molecule has 0 fully saturated rings. The average Bonchev–Trinajstić information content (AvgIpc) is 3.18. The van der Waals surface area contributed by atoms with Crippen molar-refractivity contribution in [3.05, 3.63) is 53.9 Å². The average molecular weight is 350 g/mol. The molecule has 1 unspecified atom stereocenters. The Bertz CT molecular complexity index is 862. The van der Waals surface area contributed by atoms with Gasteiger partial charge in [-0.15, -0.1) is 11.3 Å². The Kier molecular flexibility index (Phi) is 4.19. The summed E-state index contributed by atoms with van der Waals surface area (Å²) in [5, 5.41) is 13.3. The van der Waals surface area contributed by atoms with Gasteiger partial charge in [0.25, 0.3) is 11.3 Å². The summed E-state index contributed by atoms with van der Waals surface area (Å²) in [5.41, 5.74) is 2.07. The van der Waals surface area contributed by atoms with Crippen LogP contribution in [0.15, 0.2) is 48.2 Å². The fourth-order valence-corrected chi connectivity index (χ4v) is 3.48. The molecule has 1 atom stereocenters. The van der Waals surface area contributed by atoms with Crippen LogP contribution in [-0.2, 0) is 11.3 Å². The predicted molar refractivity (Wildman–Crippen MR) is 85.5 cm³/mol. The fraction of sp³-hybridized carbons (Fsp3) is 0. The lowest BCUT2D eigenvalue weighted by Crippen LogP contribution is -2.20. The van der Waals surface area contributed by atoms with E-state index in [9.17, 15) is 13.6 Å². The Balaban J connectivity index is 2.03. The number of thiazole rings is 1. The number of carboxylic acid groups (broad SMARTS) is 1. The van der Waals surface area contributed by atoms with Crippen molar-refractivity contribution in [1.82, 2.24) is 14.8 Å². The highest BCUT2D eigenvalue weighted by molar-refractivity contribution is 7.81. The molecule has 0 radical (unpaired) electrons. The zero-order chi connectivity index (χ0) is 16.4. The van der Waals surface area contributed by atoms with Gasteiger partial charge in [-0.25, -0.2) is 23.0 Å². The Morgan fingerprint density at radius 3 is 2.70 bits per heavy atom. The largest absolute Gasteiger partial charge is 0.476 e. The molecule has 0 bridgehead atoms. The van der Waals surface area contributed by atoms with Gasteiger partial charge in [0, 0.05) is 0 Å². The summed E-state index contributed by atoms with van der Waals surface area (Å²) in [6.07, 6.45) is 2.92. The molecule has 0 aliphatic rings. The highest BCUT2D eigenvalue weighted by Crippen LogP contribution is 2.33. The highest BCUT2D eigenvalue weighted by atomic mass is 32.2. The van der Waals surface area contributed by atoms with Crippen molar-refractivity contribution in [2.45, 2.75) is 0 Å². The van der Waals surface area contributed by atoms with Gasteiger partial charge < -0.3 is 5.11 Å². The third-order valence-electron chi connectivity index (χ3n) is 2.92. The predicted octanol–water partition coefficient (Wildman–Crippen LogP) is 2.30. The molecule has 2 N–H and O–H groups in total. The summed E-state index contributed by atoms with van der Waals surface area (Å²) in [7, 11) is 0. The second-order valence-corrected chi connectivity index (χ2v) is 5.97. The van der Waals surface area contributed by atoms with E-state index in [0.29, 0.717) is 0 Å². The topological polar surface area (TPSA) is 109 Å². The standard InChI is InChI=1S/C13H10N4O4S2/c18-13(19)11-12(22-8-14-11)17(23(20)21)10-6-15-16(7-10)9-4-2-1-3-5-9/h1-8H,(H,18,19)(H,20,21). The zero-order valence-corrected chi connectivity index (χ0v) is 13.1. The minimum atomic E-state index is -2.47. The van der Waals surface area contributed by atoms with Crippen molar-refractivity contribution in [1.29, 1.82) is 0 Å². The summed E-state index contributed by atoms with van der Waals surface area (Å²) in [6.45, 7) is 0. The number of para-hydroxylation sites is 1. The third kappa shape index (κ3) is 2.99. The second kappa shape index (κ2) is 6.28. The molecule has 0 saturated heterocycles. The van der Waals surface area contributed by atoms with Gasteiger partial charge in [-0.3, -0.25) is 4.55 Å². The number of benzene rings is 1. The molecule has 0 aliphatic carbocycles. The van der Waals surface area contributed by atoms with Crippen molar-refractivity contribution in [2.75, 3.05) is 4.31 Å². The Hall–Kier alpha value is -2.56. The van der Waals surface area contributed by atoms with E-state index in [1.165, 1.54) is 22.6 Å². The van der Waals surface area contributed by atoms with E-state index >= 15 is 0 Å². The molecule has 10 heteroatoms. The van der Waals surface area contributed by atoms with Crippen molar-refractivity contribution < 1.29 is 18.7 Å². The Morgan fingerprint density at radius 1 is 1.30 bits per heavy atom. The van der Waals surface area contributed by atoms with Crippen LogP contribution in [0.2, 0.25) is 0 Å². The van der Waals surface area contributed by atoms with Crippen molar-refractivity contribution in [3.63, 3.8) is 0 Å². The van der Waals surface area contributed by atoms with Gasteiger partial charge in [0.15, 0.2) is 5.69 Å². The molecule has 2 heterocycles. The maximum absolute atomic E-state index is 11.7. The van der Waals surface area contributed by atoms with Crippen LogP contribution < -0.4 is 4.31 Å². The van der Waals surface area contributed by atoms with Crippen LogP contribution >= 0.6 is 11.3 Å². The quantitative estimate of drug-likeness (QED) is 0.684. The first-order valence-corrected chi connectivity index (χ1v) is 8.20. The fourth-order valence-electron chi connectivity index (χ4n) is 1.95. The van der Waals surface area contributed by atoms with Gasteiger partial charge in [0.1, 0.15) is 5.00 Å². The van der Waals surface area contributed by atoms with Gasteiger partial charge in [-0.1, -0.05) is 18.2 Å². The molecule has 2 aromatic heterocycles. The summed E-state index contributed by atoms with van der Waals surface area (Å²) in [5.74, 6) is -1.27. The van der Waals surface area contributed by atoms with Crippen LogP contribution in [0.4, 0.5) is 10.7 Å². The number of carboxylic acids is 1. The number of aromatic nitrogens is 3. The summed E-state index contributed by atoms with van der Waals surface area (Å²) in [4.78, 5) is 14.9. The molecular formula is C13H10N4O4S2. The van der Waals surface area contributed by atoms with E-state index in [-0.39, 0.29) is 16.4 Å². The number of carbonyl (C=O) groups is 1. The number of nitrogens with zero attached hydrogens (tertiary/aromatic N) is 4. The minimum absolute atomic E-state index is 0.0611. The van der Waals surface area contributed by atoms with Crippen LogP contribution in [0.1, 0.15) is 10.5 Å². The lowest BCUT2D eigenvalue weighted by atomic mass is 10.3. The zero-order valence-electron chi connectivity index (χ0n) is 11.4. The molecule has 0 saturated carbocycles. The van der Waals surface area contributed by atoms with Crippen molar-refractivity contribution >= 4 is 39.3 Å². The molecule has 23 heavy (non-hydrogen) atoms. The van der Waals surface area contributed by atoms with Crippen LogP contribution in [0.3, 0.4) is 0 Å². The third-order valence-corrected chi connectivity index (χ3v) is 4.55. The van der Waals surface area contributed by atoms with Crippen molar-refractivity contribution in [3.8, 4) is 5.69 Å². The van der Waals surface area contributed by atoms with Gasteiger partial charge in [-0.2, -0.15) is 5.10 Å². The number of aromatic carboxylic acids is 1. The SMILES string of the molecule is O=C(O)c1ncsc1N(c1cnn(-c2ccccc2)c1)S(=O)O. The molecule has 0 amide bonds. The number of rotatable bonds is 5. The second-order valence-electron chi connectivity index (χ2n) is 4.32. The molecule has 8 nitrogen and oxygen atoms in total. The Morgan fingerprint density at radius 2 is 2.04 bits per heavy atom. The molecule has 3 rings (SSSR count). The van der Waals surface area contributed by atoms with Crippen LogP contribution in [-0.4, -0.2) is 34.6 Å². The first-order chi connectivity index (χ1) is 11.1. The van der Waals surface area contributed by atoms with Crippen molar-refractivity contribution in [2.24, 2.45) is 0 Å². The maximum atomic E-state index is 11.7. The van der Waals surface area contributed by atoms with Gasteiger partial charge >= 0.3 is 5.97 Å². The summed E-state index contributed by atoms with van der Waals surface area (Å²) in [6, 6.07) is 9.19. The molecular weight excluding hydrogens is 340 g/mol. The number of hydrogen-bond donors (Lipinski definition) is 2. The van der Waals surface area contributed by atoms with E-state index in [1.807, 2.05) is 30.3 Å². The highest BCUT2D eigenvalue weighted by Gasteiger charge is 2.25. The molecule has 118 valence electrons. The first kappa shape index (κ1) is 15.3. The van der Waals surface area contributed by atoms with E-state index in [1.54, 1.807) is 0 Å². The summed E-state index contributed by atoms with van der Waals surface area (Å²) < 4.78 is 23.8. The Labute approximate surface area is 137 Å². The maximum Gasteiger partial charge on any atom is 0.357 e. The number of anilines is 2. The van der Waals surface area contributed by atoms with Gasteiger partial charge in [0.2, 0.25) is 0 Å². The first-order valence-electron chi connectivity index (χ1n) is 6.26. The lowest BCUT2D eigenvalue weighted by Gasteiger charge is -2.15. The normalized spacial score (nSPS) is 12.0. The van der Waals surface area contributed by atoms with Gasteiger partial charge in [-0.05, 0) is 12.1 Å². The van der Waals surface area contributed by atoms with Gasteiger partial charge in [0.05, 0.1) is 29.3 Å². The molecule has 3 aromatic rings. The lowest BCUT2D eigenvalue weighted by molar-refractivity contribution is 0.0692. The van der Waals surface area contributed by atoms with E-state index in [2.05, 4.69) is 10.1 Å². The van der Waals surface area contributed by atoms with E-state index in [4.69, 9.17) is 5.11 Å². The monoisotopic (exact) mass is 350 g/mol. The molecule has 0 aliphatic heterocycles. The minimum Gasteiger partial charge on any atom is -0.476 e. The van der Waals surface area contributed by atoms with E-state index < -0.39 is 17.2 Å². The van der Waals surface area contributed by atoms with Crippen LogP contribution in [0, 0.1) is 0 Å². The summed E-state index contributed by atoms with van der Waals surface area (Å²) >= 11 is -1.51.